The number of carbonyl (C=O) groups excluding carboxylic acids is 2. The molecule has 0 radical (unpaired) electrons. The third kappa shape index (κ3) is 5.77. The minimum atomic E-state index is -3.75. The minimum absolute atomic E-state index is 0.0470. The van der Waals surface area contributed by atoms with Crippen molar-refractivity contribution in [3.05, 3.63) is 30.1 Å². The molecule has 0 aliphatic carbocycles. The highest BCUT2D eigenvalue weighted by Gasteiger charge is 2.33. The van der Waals surface area contributed by atoms with Crippen molar-refractivity contribution in [3.63, 3.8) is 0 Å². The van der Waals surface area contributed by atoms with Gasteiger partial charge in [-0.3, -0.25) is 9.59 Å². The number of carbonyl (C=O) groups is 2. The number of nitrogens with one attached hydrogen (secondary N) is 2. The molecule has 30 heavy (non-hydrogen) atoms. The minimum Gasteiger partial charge on any atom is -0.376 e. The Kier molecular flexibility index (Phi) is 7.79. The largest absolute Gasteiger partial charge is 0.376 e. The number of halogens is 1. The second kappa shape index (κ2) is 10.3. The quantitative estimate of drug-likeness (QED) is 0.618. The average molecular weight is 442 g/mol. The van der Waals surface area contributed by atoms with Gasteiger partial charge in [-0.25, -0.2) is 12.8 Å². The highest BCUT2D eigenvalue weighted by molar-refractivity contribution is 7.89. The Bertz CT molecular complexity index is 841. The van der Waals surface area contributed by atoms with Crippen LogP contribution < -0.4 is 10.6 Å². The van der Waals surface area contributed by atoms with E-state index in [1.54, 1.807) is 0 Å². The first-order chi connectivity index (χ1) is 14.4. The van der Waals surface area contributed by atoms with Crippen molar-refractivity contribution in [2.75, 3.05) is 26.2 Å². The molecule has 1 aromatic carbocycles. The van der Waals surface area contributed by atoms with Crippen LogP contribution in [0.15, 0.2) is 29.2 Å². The molecule has 2 heterocycles. The summed E-state index contributed by atoms with van der Waals surface area (Å²) in [7, 11) is -3.75. The van der Waals surface area contributed by atoms with E-state index in [9.17, 15) is 22.4 Å². The third-order valence-electron chi connectivity index (χ3n) is 5.48. The Hall–Kier alpha value is -2.04. The van der Waals surface area contributed by atoms with E-state index < -0.39 is 27.7 Å². The van der Waals surface area contributed by atoms with Crippen molar-refractivity contribution >= 4 is 21.8 Å². The zero-order valence-electron chi connectivity index (χ0n) is 16.8. The Morgan fingerprint density at radius 1 is 1.07 bits per heavy atom. The van der Waals surface area contributed by atoms with E-state index in [1.807, 2.05) is 0 Å². The summed E-state index contributed by atoms with van der Waals surface area (Å²) in [5, 5.41) is 5.12. The molecule has 3 rings (SSSR count). The Morgan fingerprint density at radius 2 is 1.80 bits per heavy atom. The highest BCUT2D eigenvalue weighted by atomic mass is 32.2. The topological polar surface area (TPSA) is 105 Å². The van der Waals surface area contributed by atoms with Crippen LogP contribution in [0.4, 0.5) is 4.39 Å². The van der Waals surface area contributed by atoms with Gasteiger partial charge in [0, 0.05) is 32.3 Å². The van der Waals surface area contributed by atoms with Crippen LogP contribution in [0, 0.1) is 5.82 Å². The van der Waals surface area contributed by atoms with Crippen LogP contribution in [0.5, 0.6) is 0 Å². The first-order valence-corrected chi connectivity index (χ1v) is 11.8. The van der Waals surface area contributed by atoms with E-state index in [4.69, 9.17) is 4.74 Å². The zero-order valence-corrected chi connectivity index (χ0v) is 17.6. The lowest BCUT2D eigenvalue weighted by Crippen LogP contribution is -2.47. The molecule has 0 unspecified atom stereocenters. The van der Waals surface area contributed by atoms with E-state index in [0.29, 0.717) is 32.5 Å². The molecule has 2 atom stereocenters. The predicted octanol–water partition coefficient (Wildman–Crippen LogP) is 1.17. The Labute approximate surface area is 176 Å². The normalized spacial score (nSPS) is 22.6. The Balaban J connectivity index is 1.51. The fraction of sp³-hybridized carbons (Fsp3) is 0.600. The standard InChI is InChI=1S/C20H28FN3O5S/c21-15-6-8-18(9-7-15)30(27,28)24-12-2-1-4-16(24)10-11-22-19(25)20(26)23-14-17-5-3-13-29-17/h6-9,16-17H,1-5,10-14H2,(H,22,25)(H,23,26)/t16-,17+/m0/s1. The average Bonchev–Trinajstić information content (AvgIpc) is 3.26. The number of rotatable bonds is 7. The highest BCUT2D eigenvalue weighted by Crippen LogP contribution is 2.27. The molecule has 0 spiro atoms. The van der Waals surface area contributed by atoms with Gasteiger partial charge in [0.25, 0.3) is 0 Å². The number of amides is 2. The molecule has 2 N–H and O–H groups in total. The lowest BCUT2D eigenvalue weighted by molar-refractivity contribution is -0.139. The van der Waals surface area contributed by atoms with Gasteiger partial charge in [0.05, 0.1) is 11.0 Å². The van der Waals surface area contributed by atoms with E-state index in [1.165, 1.54) is 16.4 Å². The van der Waals surface area contributed by atoms with Crippen LogP contribution in [0.25, 0.3) is 0 Å². The summed E-state index contributed by atoms with van der Waals surface area (Å²) in [5.74, 6) is -1.95. The molecule has 2 aliphatic rings. The lowest BCUT2D eigenvalue weighted by Gasteiger charge is -2.34. The SMILES string of the molecule is O=C(NCC[C@@H]1CCCCN1S(=O)(=O)c1ccc(F)cc1)C(=O)NC[C@H]1CCCO1. The maximum Gasteiger partial charge on any atom is 0.309 e. The van der Waals surface area contributed by atoms with E-state index >= 15 is 0 Å². The van der Waals surface area contributed by atoms with Crippen LogP contribution >= 0.6 is 0 Å². The van der Waals surface area contributed by atoms with Gasteiger partial charge >= 0.3 is 11.8 Å². The maximum atomic E-state index is 13.2. The fourth-order valence-corrected chi connectivity index (χ4v) is 5.57. The van der Waals surface area contributed by atoms with Gasteiger partial charge in [-0.05, 0) is 56.4 Å². The molecular formula is C20H28FN3O5S. The van der Waals surface area contributed by atoms with Crippen LogP contribution in [-0.2, 0) is 24.3 Å². The van der Waals surface area contributed by atoms with Gasteiger partial charge in [-0.15, -0.1) is 0 Å². The number of benzene rings is 1. The molecule has 8 nitrogen and oxygen atoms in total. The summed E-state index contributed by atoms with van der Waals surface area (Å²) >= 11 is 0. The van der Waals surface area contributed by atoms with E-state index in [-0.39, 0.29) is 23.6 Å². The maximum absolute atomic E-state index is 13.2. The van der Waals surface area contributed by atoms with Crippen molar-refractivity contribution in [1.82, 2.24) is 14.9 Å². The fourth-order valence-electron chi connectivity index (χ4n) is 3.85. The number of ether oxygens (including phenoxy) is 1. The molecule has 2 fully saturated rings. The monoisotopic (exact) mass is 441 g/mol. The summed E-state index contributed by atoms with van der Waals surface area (Å²) in [6.45, 7) is 1.54. The number of piperidine rings is 1. The summed E-state index contributed by atoms with van der Waals surface area (Å²) < 4.78 is 45.9. The number of sulfonamides is 1. The van der Waals surface area contributed by atoms with Crippen LogP contribution in [0.2, 0.25) is 0 Å². The molecule has 2 saturated heterocycles. The second-order valence-electron chi connectivity index (χ2n) is 7.61. The van der Waals surface area contributed by atoms with Gasteiger partial charge < -0.3 is 15.4 Å². The van der Waals surface area contributed by atoms with Gasteiger partial charge in [-0.1, -0.05) is 6.42 Å². The first-order valence-electron chi connectivity index (χ1n) is 10.3. The summed E-state index contributed by atoms with van der Waals surface area (Å²) in [6.07, 6.45) is 4.46. The van der Waals surface area contributed by atoms with Crippen LogP contribution in [0.1, 0.15) is 38.5 Å². The zero-order chi connectivity index (χ0) is 21.6. The Morgan fingerprint density at radius 3 is 2.50 bits per heavy atom. The summed E-state index contributed by atoms with van der Waals surface area (Å²) in [4.78, 5) is 23.9. The molecular weight excluding hydrogens is 413 g/mol. The predicted molar refractivity (Wildman–Crippen MR) is 108 cm³/mol. The van der Waals surface area contributed by atoms with E-state index in [0.717, 1.165) is 37.8 Å². The van der Waals surface area contributed by atoms with E-state index in [2.05, 4.69) is 10.6 Å². The molecule has 0 saturated carbocycles. The molecule has 166 valence electrons. The summed E-state index contributed by atoms with van der Waals surface area (Å²) in [5.41, 5.74) is 0. The molecule has 0 aromatic heterocycles. The smallest absolute Gasteiger partial charge is 0.309 e. The van der Waals surface area contributed by atoms with Crippen LogP contribution in [-0.4, -0.2) is 62.9 Å². The number of hydrogen-bond donors (Lipinski definition) is 2. The molecule has 0 bridgehead atoms. The van der Waals surface area contributed by atoms with Crippen molar-refractivity contribution in [3.8, 4) is 0 Å². The van der Waals surface area contributed by atoms with Gasteiger partial charge in [0.2, 0.25) is 10.0 Å². The molecule has 2 amide bonds. The van der Waals surface area contributed by atoms with Crippen molar-refractivity contribution < 1.29 is 27.1 Å². The molecule has 10 heteroatoms. The van der Waals surface area contributed by atoms with Gasteiger partial charge in [-0.2, -0.15) is 4.31 Å². The number of hydrogen-bond acceptors (Lipinski definition) is 5. The van der Waals surface area contributed by atoms with Gasteiger partial charge in [0.15, 0.2) is 0 Å². The van der Waals surface area contributed by atoms with Crippen molar-refractivity contribution in [2.45, 2.75) is 55.6 Å². The molecule has 2 aliphatic heterocycles. The number of nitrogens with zero attached hydrogens (tertiary/aromatic N) is 1. The third-order valence-corrected chi connectivity index (χ3v) is 7.44. The van der Waals surface area contributed by atoms with Crippen molar-refractivity contribution in [1.29, 1.82) is 0 Å². The molecule has 1 aromatic rings. The van der Waals surface area contributed by atoms with Gasteiger partial charge in [0.1, 0.15) is 5.82 Å². The first kappa shape index (κ1) is 22.6. The van der Waals surface area contributed by atoms with Crippen molar-refractivity contribution in [2.24, 2.45) is 0 Å². The lowest BCUT2D eigenvalue weighted by atomic mass is 10.0. The van der Waals surface area contributed by atoms with Crippen LogP contribution in [0.3, 0.4) is 0 Å². The second-order valence-corrected chi connectivity index (χ2v) is 9.50. The summed E-state index contributed by atoms with van der Waals surface area (Å²) in [6, 6.07) is 4.49.